The molecular formula is C24H16CuN4-2. The first-order chi connectivity index (χ1) is 13.9. The second kappa shape index (κ2) is 8.31. The first-order valence-electron chi connectivity index (χ1n) is 9.07. The molecule has 4 aliphatic rings. The van der Waals surface area contributed by atoms with E-state index in [9.17, 15) is 0 Å². The second-order valence-electron chi connectivity index (χ2n) is 6.43. The van der Waals surface area contributed by atoms with Gasteiger partial charge in [-0.2, -0.15) is 24.8 Å². The summed E-state index contributed by atoms with van der Waals surface area (Å²) in [6.45, 7) is 0. The maximum absolute atomic E-state index is 4.35. The van der Waals surface area contributed by atoms with E-state index in [1.807, 2.05) is 24.3 Å². The Morgan fingerprint density at radius 3 is 0.862 bits per heavy atom. The summed E-state index contributed by atoms with van der Waals surface area (Å²) in [5.74, 6) is 0. The van der Waals surface area contributed by atoms with Crippen molar-refractivity contribution in [3.05, 3.63) is 116 Å². The molecule has 2 aromatic rings. The molecule has 0 aliphatic carbocycles. The molecule has 0 spiro atoms. The van der Waals surface area contributed by atoms with Gasteiger partial charge in [-0.3, -0.25) is 0 Å². The number of allylic oxidation sites excluding steroid dienone is 4. The number of rotatable bonds is 0. The van der Waals surface area contributed by atoms with E-state index < -0.39 is 0 Å². The average Bonchev–Trinajstić information content (AvgIpc) is 2.79. The third kappa shape index (κ3) is 3.66. The van der Waals surface area contributed by atoms with Gasteiger partial charge in [-0.15, -0.1) is 22.7 Å². The molecule has 0 bridgehead atoms. The summed E-state index contributed by atoms with van der Waals surface area (Å²) in [4.78, 5) is 0. The summed E-state index contributed by atoms with van der Waals surface area (Å²) >= 11 is 0. The molecule has 29 heavy (non-hydrogen) atoms. The Morgan fingerprint density at radius 2 is 0.621 bits per heavy atom. The number of benzene rings is 2. The van der Waals surface area contributed by atoms with Gasteiger partial charge >= 0.3 is 17.1 Å². The summed E-state index contributed by atoms with van der Waals surface area (Å²) in [7, 11) is 0. The fourth-order valence-electron chi connectivity index (χ4n) is 3.36. The van der Waals surface area contributed by atoms with E-state index in [1.54, 1.807) is 24.8 Å². The van der Waals surface area contributed by atoms with E-state index in [2.05, 4.69) is 69.8 Å². The molecule has 0 atom stereocenters. The van der Waals surface area contributed by atoms with Crippen molar-refractivity contribution >= 4 is 47.1 Å². The molecule has 0 fully saturated rings. The monoisotopic (exact) mass is 423 g/mol. The molecule has 4 aliphatic heterocycles. The van der Waals surface area contributed by atoms with Crippen molar-refractivity contribution in [2.75, 3.05) is 0 Å². The summed E-state index contributed by atoms with van der Waals surface area (Å²) < 4.78 is 0. The van der Waals surface area contributed by atoms with Gasteiger partial charge in [0, 0.05) is 0 Å². The van der Waals surface area contributed by atoms with Gasteiger partial charge in [0.2, 0.25) is 0 Å². The van der Waals surface area contributed by atoms with E-state index in [1.165, 1.54) is 0 Å². The van der Waals surface area contributed by atoms with Crippen LogP contribution in [0.5, 0.6) is 0 Å². The van der Waals surface area contributed by atoms with Crippen LogP contribution in [-0.4, -0.2) is 0 Å². The fraction of sp³-hybridized carbons (Fsp3) is 0. The molecule has 5 heteroatoms. The van der Waals surface area contributed by atoms with Crippen molar-refractivity contribution in [1.29, 1.82) is 0 Å². The minimum atomic E-state index is 0. The summed E-state index contributed by atoms with van der Waals surface area (Å²) in [5.41, 5.74) is 3.91. The van der Waals surface area contributed by atoms with Crippen LogP contribution in [0.4, 0.5) is 22.7 Å². The van der Waals surface area contributed by atoms with Gasteiger partial charge in [0.15, 0.2) is 0 Å². The normalized spacial score (nSPS) is 14.9. The SMILES string of the molecule is C1=C[N-]c2c3c(ccc2=C1)=CC=C[N-]3.C1=C[N-]c2c3c(ccc2=C1)=CC=C[N-]3.[Cu+2]. The minimum absolute atomic E-state index is 0. The van der Waals surface area contributed by atoms with Gasteiger partial charge in [0.1, 0.15) is 0 Å². The quantitative estimate of drug-likeness (QED) is 0.555. The average molecular weight is 424 g/mol. The third-order valence-electron chi connectivity index (χ3n) is 4.69. The smallest absolute Gasteiger partial charge is 0.665 e. The Bertz CT molecular complexity index is 1110. The van der Waals surface area contributed by atoms with E-state index in [-0.39, 0.29) is 17.1 Å². The zero-order chi connectivity index (χ0) is 18.8. The molecule has 0 N–H and O–H groups in total. The predicted molar refractivity (Wildman–Crippen MR) is 118 cm³/mol. The fourth-order valence-corrected chi connectivity index (χ4v) is 3.36. The molecule has 0 saturated carbocycles. The Balaban J connectivity index is 0.000000137. The van der Waals surface area contributed by atoms with Gasteiger partial charge in [0.25, 0.3) is 0 Å². The van der Waals surface area contributed by atoms with Crippen LogP contribution >= 0.6 is 0 Å². The van der Waals surface area contributed by atoms with Crippen LogP contribution in [0.3, 0.4) is 0 Å². The maximum atomic E-state index is 4.35. The molecule has 4 heterocycles. The summed E-state index contributed by atoms with van der Waals surface area (Å²) in [6.07, 6.45) is 23.2. The van der Waals surface area contributed by atoms with Gasteiger partial charge in [-0.05, 0) is 20.9 Å². The standard InChI is InChI=1S/2C12H8N2.Cu/c2*1-3-9-5-6-10-4-2-8-14-12(10)11(9)13-7-1;/h2*1-8H;/q2*-2;+2. The molecule has 145 valence electrons. The Kier molecular flexibility index (Phi) is 5.43. The van der Waals surface area contributed by atoms with Crippen molar-refractivity contribution in [2.24, 2.45) is 0 Å². The van der Waals surface area contributed by atoms with Crippen molar-refractivity contribution in [1.82, 2.24) is 0 Å². The predicted octanol–water partition coefficient (Wildman–Crippen LogP) is 4.62. The van der Waals surface area contributed by atoms with E-state index >= 15 is 0 Å². The van der Waals surface area contributed by atoms with Gasteiger partial charge in [-0.25, -0.2) is 0 Å². The molecule has 4 nitrogen and oxygen atoms in total. The van der Waals surface area contributed by atoms with Crippen LogP contribution in [0.25, 0.3) is 45.6 Å². The van der Waals surface area contributed by atoms with Crippen molar-refractivity contribution < 1.29 is 17.1 Å². The van der Waals surface area contributed by atoms with Gasteiger partial charge in [-0.1, -0.05) is 72.9 Å². The van der Waals surface area contributed by atoms with E-state index in [0.717, 1.165) is 43.6 Å². The molecule has 0 unspecified atom stereocenters. The number of hydrogen-bond acceptors (Lipinski definition) is 0. The molecule has 0 saturated heterocycles. The number of fused-ring (bicyclic) bond motifs is 6. The first-order valence-corrected chi connectivity index (χ1v) is 9.07. The van der Waals surface area contributed by atoms with Crippen LogP contribution in [0.1, 0.15) is 0 Å². The molecule has 0 aromatic heterocycles. The van der Waals surface area contributed by atoms with Crippen LogP contribution in [0, 0.1) is 0 Å². The minimum Gasteiger partial charge on any atom is -0.665 e. The van der Waals surface area contributed by atoms with Crippen molar-refractivity contribution in [3.8, 4) is 0 Å². The summed E-state index contributed by atoms with van der Waals surface area (Å²) in [5, 5.41) is 21.9. The second-order valence-corrected chi connectivity index (χ2v) is 6.43. The van der Waals surface area contributed by atoms with Crippen LogP contribution in [-0.2, 0) is 17.1 Å². The largest absolute Gasteiger partial charge is 2.00 e. The number of hydrogen-bond donors (Lipinski definition) is 0. The van der Waals surface area contributed by atoms with E-state index in [0.29, 0.717) is 0 Å². The Hall–Kier alpha value is -3.40. The topological polar surface area (TPSA) is 56.4 Å². The number of nitrogens with zero attached hydrogens (tertiary/aromatic N) is 4. The Labute approximate surface area is 179 Å². The van der Waals surface area contributed by atoms with Crippen LogP contribution in [0.2, 0.25) is 0 Å². The Morgan fingerprint density at radius 1 is 0.379 bits per heavy atom. The molecule has 2 aromatic carbocycles. The van der Waals surface area contributed by atoms with Crippen molar-refractivity contribution in [2.45, 2.75) is 0 Å². The maximum Gasteiger partial charge on any atom is 2.00 e. The van der Waals surface area contributed by atoms with Crippen molar-refractivity contribution in [3.63, 3.8) is 0 Å². The van der Waals surface area contributed by atoms with E-state index in [4.69, 9.17) is 0 Å². The van der Waals surface area contributed by atoms with Crippen LogP contribution < -0.4 is 20.9 Å². The molecular weight excluding hydrogens is 408 g/mol. The first kappa shape index (κ1) is 18.9. The zero-order valence-corrected chi connectivity index (χ0v) is 16.3. The molecule has 0 amide bonds. The van der Waals surface area contributed by atoms with Gasteiger partial charge in [0.05, 0.1) is 0 Å². The van der Waals surface area contributed by atoms with Crippen LogP contribution in [0.15, 0.2) is 73.4 Å². The molecule has 1 radical (unpaired) electrons. The zero-order valence-electron chi connectivity index (χ0n) is 15.3. The van der Waals surface area contributed by atoms with Gasteiger partial charge < -0.3 is 21.3 Å². The molecule has 6 rings (SSSR count). The summed E-state index contributed by atoms with van der Waals surface area (Å²) in [6, 6.07) is 8.30. The third-order valence-corrected chi connectivity index (χ3v) is 4.69.